The molecule has 0 fully saturated rings. The second kappa shape index (κ2) is 10.8. The van der Waals surface area contributed by atoms with E-state index in [1.54, 1.807) is 18.1 Å². The molecule has 33 heavy (non-hydrogen) atoms. The van der Waals surface area contributed by atoms with E-state index in [4.69, 9.17) is 0 Å². The van der Waals surface area contributed by atoms with Gasteiger partial charge in [0.1, 0.15) is 5.82 Å². The van der Waals surface area contributed by atoms with Gasteiger partial charge in [-0.2, -0.15) is 5.10 Å². The summed E-state index contributed by atoms with van der Waals surface area (Å²) in [6.07, 6.45) is 5.29. The minimum absolute atomic E-state index is 0.0912. The van der Waals surface area contributed by atoms with Gasteiger partial charge < -0.3 is 4.90 Å². The number of aromatic nitrogens is 5. The van der Waals surface area contributed by atoms with Gasteiger partial charge >= 0.3 is 0 Å². The van der Waals surface area contributed by atoms with Crippen molar-refractivity contribution in [1.29, 1.82) is 0 Å². The van der Waals surface area contributed by atoms with E-state index in [2.05, 4.69) is 21.8 Å². The second-order valence-corrected chi connectivity index (χ2v) is 7.97. The third-order valence-corrected chi connectivity index (χ3v) is 5.35. The van der Waals surface area contributed by atoms with E-state index in [9.17, 15) is 14.0 Å². The number of alkyl halides is 1. The molecule has 0 spiro atoms. The van der Waals surface area contributed by atoms with E-state index >= 15 is 0 Å². The minimum Gasteiger partial charge on any atom is -0.300 e. The standard InChI is InChI=1S/C10H12FN3O.C8H11N3O.C6H6/c1-3-4-7(15)8-12-9-10(2,11)5-6-14(9)13-8;1-10-7-4-5-9-11(7)6-2-3-8(10)12;1-2-4-6-5-3-1/h3H,1,4-6H2,2H3;4-5H,2-3,6H2,1H3;1-6H. The summed E-state index contributed by atoms with van der Waals surface area (Å²) in [5.74, 6) is 1.21. The van der Waals surface area contributed by atoms with Crippen LogP contribution in [0.3, 0.4) is 0 Å². The SMILES string of the molecule is C=CCC(=O)c1nc2n(n1)CCC2(C)F.CN1C(=O)CCCn2nccc21.c1ccccc1. The number of allylic oxidation sites excluding steroid dienone is 1. The first kappa shape index (κ1) is 24.0. The van der Waals surface area contributed by atoms with Crippen molar-refractivity contribution >= 4 is 17.5 Å². The van der Waals surface area contributed by atoms with E-state index in [-0.39, 0.29) is 29.8 Å². The van der Waals surface area contributed by atoms with E-state index in [1.165, 1.54) is 17.7 Å². The Morgan fingerprint density at radius 2 is 1.85 bits per heavy atom. The van der Waals surface area contributed by atoms with Crippen LogP contribution in [0, 0.1) is 0 Å². The number of halogens is 1. The molecule has 0 saturated heterocycles. The average Bonchev–Trinajstić information content (AvgIpc) is 3.51. The molecule has 2 aromatic heterocycles. The lowest BCUT2D eigenvalue weighted by molar-refractivity contribution is -0.118. The lowest BCUT2D eigenvalue weighted by atomic mass is 10.1. The van der Waals surface area contributed by atoms with E-state index < -0.39 is 5.67 Å². The van der Waals surface area contributed by atoms with Gasteiger partial charge in [-0.1, -0.05) is 42.5 Å². The fourth-order valence-corrected chi connectivity index (χ4v) is 3.50. The number of benzene rings is 1. The minimum atomic E-state index is -1.46. The highest BCUT2D eigenvalue weighted by Crippen LogP contribution is 2.34. The first-order valence-corrected chi connectivity index (χ1v) is 10.9. The van der Waals surface area contributed by atoms with Crippen molar-refractivity contribution in [2.75, 3.05) is 11.9 Å². The number of hydrogen-bond acceptors (Lipinski definition) is 5. The Labute approximate surface area is 192 Å². The van der Waals surface area contributed by atoms with E-state index in [0.717, 1.165) is 18.8 Å². The van der Waals surface area contributed by atoms with Crippen molar-refractivity contribution < 1.29 is 14.0 Å². The van der Waals surface area contributed by atoms with Crippen LogP contribution in [0.4, 0.5) is 10.2 Å². The highest BCUT2D eigenvalue weighted by molar-refractivity contribution is 5.93. The molecule has 0 aliphatic carbocycles. The third kappa shape index (κ3) is 6.00. The number of amides is 1. The zero-order valence-corrected chi connectivity index (χ0v) is 19.0. The van der Waals surface area contributed by atoms with Crippen molar-refractivity contribution in [3.05, 3.63) is 73.0 Å². The maximum absolute atomic E-state index is 13.8. The summed E-state index contributed by atoms with van der Waals surface area (Å²) in [5.41, 5.74) is -1.46. The molecule has 0 saturated carbocycles. The Bertz CT molecular complexity index is 1060. The Hall–Kier alpha value is -3.62. The van der Waals surface area contributed by atoms with Crippen molar-refractivity contribution in [3.63, 3.8) is 0 Å². The summed E-state index contributed by atoms with van der Waals surface area (Å²) in [7, 11) is 1.79. The Morgan fingerprint density at radius 1 is 1.18 bits per heavy atom. The Balaban J connectivity index is 0.000000151. The maximum atomic E-state index is 13.8. The summed E-state index contributed by atoms with van der Waals surface area (Å²) in [6, 6.07) is 13.9. The number of nitrogens with zero attached hydrogens (tertiary/aromatic N) is 6. The molecule has 1 atom stereocenters. The van der Waals surface area contributed by atoms with Gasteiger partial charge in [-0.05, 0) is 13.3 Å². The fraction of sp³-hybridized carbons (Fsp3) is 0.375. The lowest BCUT2D eigenvalue weighted by Gasteiger charge is -2.13. The predicted octanol–water partition coefficient (Wildman–Crippen LogP) is 3.95. The van der Waals surface area contributed by atoms with Crippen molar-refractivity contribution in [3.8, 4) is 0 Å². The molecule has 1 aromatic carbocycles. The zero-order chi connectivity index (χ0) is 23.8. The van der Waals surface area contributed by atoms with E-state index in [1.807, 2.05) is 47.1 Å². The molecule has 2 aliphatic rings. The van der Waals surface area contributed by atoms with Crippen LogP contribution in [-0.2, 0) is 23.6 Å². The quantitative estimate of drug-likeness (QED) is 0.444. The maximum Gasteiger partial charge on any atom is 0.227 e. The second-order valence-electron chi connectivity index (χ2n) is 7.97. The van der Waals surface area contributed by atoms with Gasteiger partial charge in [0.05, 0.1) is 6.20 Å². The molecule has 2 aliphatic heterocycles. The van der Waals surface area contributed by atoms with Gasteiger partial charge in [-0.25, -0.2) is 18.7 Å². The Kier molecular flexibility index (Phi) is 7.87. The summed E-state index contributed by atoms with van der Waals surface area (Å²) < 4.78 is 17.1. The molecular formula is C24H29FN6O2. The molecule has 3 aromatic rings. The van der Waals surface area contributed by atoms with Crippen LogP contribution < -0.4 is 4.90 Å². The highest BCUT2D eigenvalue weighted by atomic mass is 19.1. The zero-order valence-electron chi connectivity index (χ0n) is 19.0. The molecule has 5 rings (SSSR count). The normalized spacial score (nSPS) is 18.6. The number of rotatable bonds is 3. The first-order chi connectivity index (χ1) is 15.8. The van der Waals surface area contributed by atoms with Crippen LogP contribution in [0.25, 0.3) is 0 Å². The lowest BCUT2D eigenvalue weighted by Crippen LogP contribution is -2.25. The molecule has 174 valence electrons. The summed E-state index contributed by atoms with van der Waals surface area (Å²) in [4.78, 5) is 28.4. The Morgan fingerprint density at radius 3 is 2.45 bits per heavy atom. The highest BCUT2D eigenvalue weighted by Gasteiger charge is 2.38. The number of fused-ring (bicyclic) bond motifs is 2. The molecule has 1 unspecified atom stereocenters. The topological polar surface area (TPSA) is 85.9 Å². The van der Waals surface area contributed by atoms with Crippen LogP contribution in [0.1, 0.15) is 49.1 Å². The number of aryl methyl sites for hydroxylation is 2. The van der Waals surface area contributed by atoms with Gasteiger partial charge in [0.15, 0.2) is 11.5 Å². The average molecular weight is 453 g/mol. The largest absolute Gasteiger partial charge is 0.300 e. The van der Waals surface area contributed by atoms with Crippen LogP contribution in [-0.4, -0.2) is 43.3 Å². The molecular weight excluding hydrogens is 423 g/mol. The predicted molar refractivity (Wildman–Crippen MR) is 124 cm³/mol. The van der Waals surface area contributed by atoms with Gasteiger partial charge in [-0.15, -0.1) is 11.7 Å². The van der Waals surface area contributed by atoms with Gasteiger partial charge in [0.2, 0.25) is 17.5 Å². The fourth-order valence-electron chi connectivity index (χ4n) is 3.50. The number of hydrogen-bond donors (Lipinski definition) is 0. The van der Waals surface area contributed by atoms with Crippen LogP contribution in [0.2, 0.25) is 0 Å². The van der Waals surface area contributed by atoms with Gasteiger partial charge in [0, 0.05) is 45.5 Å². The van der Waals surface area contributed by atoms with E-state index in [0.29, 0.717) is 19.4 Å². The molecule has 0 N–H and O–H groups in total. The number of carbonyl (C=O) groups is 2. The molecule has 0 radical (unpaired) electrons. The van der Waals surface area contributed by atoms with Crippen LogP contribution in [0.5, 0.6) is 0 Å². The summed E-state index contributed by atoms with van der Waals surface area (Å²) >= 11 is 0. The molecule has 8 nitrogen and oxygen atoms in total. The first-order valence-electron chi connectivity index (χ1n) is 10.9. The summed E-state index contributed by atoms with van der Waals surface area (Å²) in [5, 5.41) is 8.10. The number of anilines is 1. The molecule has 0 bridgehead atoms. The van der Waals surface area contributed by atoms with Gasteiger partial charge in [0.25, 0.3) is 0 Å². The van der Waals surface area contributed by atoms with Crippen LogP contribution >= 0.6 is 0 Å². The number of ketones is 1. The van der Waals surface area contributed by atoms with Crippen molar-refractivity contribution in [2.24, 2.45) is 0 Å². The van der Waals surface area contributed by atoms with Crippen molar-refractivity contribution in [2.45, 2.75) is 51.4 Å². The molecule has 1 amide bonds. The molecule has 9 heteroatoms. The monoisotopic (exact) mass is 452 g/mol. The smallest absolute Gasteiger partial charge is 0.227 e. The number of carbonyl (C=O) groups excluding carboxylic acids is 2. The number of Topliss-reactive ketones (excluding diaryl/α,β-unsaturated/α-hetero) is 1. The third-order valence-electron chi connectivity index (χ3n) is 5.35. The van der Waals surface area contributed by atoms with Crippen molar-refractivity contribution in [1.82, 2.24) is 24.5 Å². The molecule has 4 heterocycles. The van der Waals surface area contributed by atoms with Gasteiger partial charge in [-0.3, -0.25) is 9.59 Å². The summed E-state index contributed by atoms with van der Waals surface area (Å²) in [6.45, 7) is 6.25. The van der Waals surface area contributed by atoms with Crippen LogP contribution in [0.15, 0.2) is 61.3 Å².